The number of ether oxygens (including phenoxy) is 1. The number of hydrogen-bond acceptors (Lipinski definition) is 3. The third kappa shape index (κ3) is 4.85. The van der Waals surface area contributed by atoms with Crippen LogP contribution in [0.4, 0.5) is 0 Å². The fourth-order valence-corrected chi connectivity index (χ4v) is 2.92. The van der Waals surface area contributed by atoms with Gasteiger partial charge < -0.3 is 15.2 Å². The van der Waals surface area contributed by atoms with E-state index in [4.69, 9.17) is 4.74 Å². The van der Waals surface area contributed by atoms with E-state index in [0.717, 1.165) is 21.4 Å². The molecule has 0 spiro atoms. The first-order valence-corrected chi connectivity index (χ1v) is 8.30. The molecule has 4 nitrogen and oxygen atoms in total. The molecule has 0 aromatic heterocycles. The predicted octanol–water partition coefficient (Wildman–Crippen LogP) is 3.56. The molecule has 1 unspecified atom stereocenters. The van der Waals surface area contributed by atoms with E-state index in [1.165, 1.54) is 0 Å². The molecule has 1 atom stereocenters. The maximum absolute atomic E-state index is 11.2. The van der Waals surface area contributed by atoms with Crippen LogP contribution in [0, 0.1) is 11.8 Å². The molecule has 0 amide bonds. The van der Waals surface area contributed by atoms with Gasteiger partial charge in [0.2, 0.25) is 0 Å². The van der Waals surface area contributed by atoms with E-state index in [2.05, 4.69) is 27.3 Å². The zero-order valence-corrected chi connectivity index (χ0v) is 14.5. The van der Waals surface area contributed by atoms with Gasteiger partial charge in [-0.3, -0.25) is 4.79 Å². The maximum Gasteiger partial charge on any atom is 0.307 e. The molecule has 1 aromatic rings. The monoisotopic (exact) mass is 367 g/mol. The minimum absolute atomic E-state index is 0.341. The highest BCUT2D eigenvalue weighted by Gasteiger charge is 2.19. The summed E-state index contributed by atoms with van der Waals surface area (Å²) in [5.74, 6) is 0.190. The summed E-state index contributed by atoms with van der Waals surface area (Å²) in [5.41, 5.74) is 2.17. The van der Waals surface area contributed by atoms with E-state index in [9.17, 15) is 9.90 Å². The fourth-order valence-electron chi connectivity index (χ4n) is 2.55. The van der Waals surface area contributed by atoms with Gasteiger partial charge in [-0.05, 0) is 42.2 Å². The summed E-state index contributed by atoms with van der Waals surface area (Å²) in [6, 6.07) is 5.93. The quantitative estimate of drug-likeness (QED) is 0.773. The van der Waals surface area contributed by atoms with Crippen LogP contribution in [-0.4, -0.2) is 30.8 Å². The fraction of sp³-hybridized carbons (Fsp3) is 0.471. The summed E-state index contributed by atoms with van der Waals surface area (Å²) >= 11 is 3.46. The smallest absolute Gasteiger partial charge is 0.307 e. The number of nitrogens with one attached hydrogen (secondary N) is 1. The Morgan fingerprint density at radius 2 is 2.23 bits per heavy atom. The summed E-state index contributed by atoms with van der Waals surface area (Å²) in [4.78, 5) is 11.2. The molecule has 0 radical (unpaired) electrons. The van der Waals surface area contributed by atoms with E-state index in [0.29, 0.717) is 32.0 Å². The van der Waals surface area contributed by atoms with Gasteiger partial charge in [-0.15, -0.1) is 0 Å². The summed E-state index contributed by atoms with van der Waals surface area (Å²) in [6.07, 6.45) is 2.79. The molecule has 1 aliphatic heterocycles. The standard InChI is InChI=1S/C17H22BrNO3/c1-11(2)5-14(17(20)21)9-19-8-12-6-13-7-15(18)3-4-16(13)22-10-12/h3-4,6-7,11,14,19H,5,8-10H2,1-2H3,(H,20,21). The number of carbonyl (C=O) groups is 1. The molecule has 0 saturated carbocycles. The van der Waals surface area contributed by atoms with E-state index in [-0.39, 0.29) is 5.92 Å². The van der Waals surface area contributed by atoms with Crippen LogP contribution in [0.25, 0.3) is 6.08 Å². The van der Waals surface area contributed by atoms with Gasteiger partial charge in [-0.2, -0.15) is 0 Å². The van der Waals surface area contributed by atoms with Crippen molar-refractivity contribution in [3.05, 3.63) is 33.8 Å². The highest BCUT2D eigenvalue weighted by Crippen LogP contribution is 2.28. The Morgan fingerprint density at radius 3 is 2.91 bits per heavy atom. The van der Waals surface area contributed by atoms with Gasteiger partial charge in [0, 0.05) is 23.1 Å². The van der Waals surface area contributed by atoms with Crippen molar-refractivity contribution in [1.82, 2.24) is 5.32 Å². The Labute approximate surface area is 139 Å². The molecule has 22 heavy (non-hydrogen) atoms. The van der Waals surface area contributed by atoms with Crippen molar-refractivity contribution in [2.24, 2.45) is 11.8 Å². The lowest BCUT2D eigenvalue weighted by atomic mass is 9.97. The lowest BCUT2D eigenvalue weighted by Crippen LogP contribution is -2.31. The maximum atomic E-state index is 11.2. The minimum atomic E-state index is -0.732. The van der Waals surface area contributed by atoms with Crippen molar-refractivity contribution >= 4 is 28.0 Å². The summed E-state index contributed by atoms with van der Waals surface area (Å²) in [7, 11) is 0. The molecule has 0 bridgehead atoms. The first-order valence-electron chi connectivity index (χ1n) is 7.51. The van der Waals surface area contributed by atoms with Crippen LogP contribution >= 0.6 is 15.9 Å². The molecule has 1 heterocycles. The summed E-state index contributed by atoms with van der Waals surface area (Å²) < 4.78 is 6.73. The molecule has 2 rings (SSSR count). The van der Waals surface area contributed by atoms with Crippen molar-refractivity contribution < 1.29 is 14.6 Å². The third-order valence-electron chi connectivity index (χ3n) is 3.59. The van der Waals surface area contributed by atoms with E-state index in [1.54, 1.807) is 0 Å². The van der Waals surface area contributed by atoms with Crippen LogP contribution in [0.2, 0.25) is 0 Å². The lowest BCUT2D eigenvalue weighted by Gasteiger charge is -2.20. The van der Waals surface area contributed by atoms with Crippen molar-refractivity contribution in [2.45, 2.75) is 20.3 Å². The van der Waals surface area contributed by atoms with Crippen molar-refractivity contribution in [3.8, 4) is 5.75 Å². The second-order valence-electron chi connectivity index (χ2n) is 6.07. The van der Waals surface area contributed by atoms with Crippen LogP contribution in [0.15, 0.2) is 28.2 Å². The molecule has 120 valence electrons. The van der Waals surface area contributed by atoms with Gasteiger partial charge in [0.05, 0.1) is 5.92 Å². The number of halogens is 1. The van der Waals surface area contributed by atoms with E-state index >= 15 is 0 Å². The van der Waals surface area contributed by atoms with Gasteiger partial charge in [-0.25, -0.2) is 0 Å². The molecule has 0 aliphatic carbocycles. The van der Waals surface area contributed by atoms with Crippen LogP contribution in [0.5, 0.6) is 5.75 Å². The van der Waals surface area contributed by atoms with Crippen LogP contribution in [-0.2, 0) is 4.79 Å². The number of carboxylic acids is 1. The highest BCUT2D eigenvalue weighted by atomic mass is 79.9. The predicted molar refractivity (Wildman–Crippen MR) is 91.1 cm³/mol. The van der Waals surface area contributed by atoms with Crippen molar-refractivity contribution in [2.75, 3.05) is 19.7 Å². The third-order valence-corrected chi connectivity index (χ3v) is 4.09. The van der Waals surface area contributed by atoms with E-state index < -0.39 is 5.97 Å². The Kier molecular flexibility index (Phi) is 6.03. The molecular formula is C17H22BrNO3. The topological polar surface area (TPSA) is 58.6 Å². The first-order chi connectivity index (χ1) is 10.5. The Hall–Kier alpha value is -1.33. The van der Waals surface area contributed by atoms with Crippen LogP contribution in [0.3, 0.4) is 0 Å². The molecular weight excluding hydrogens is 346 g/mol. The lowest BCUT2D eigenvalue weighted by molar-refractivity contribution is -0.142. The molecule has 0 fully saturated rings. The van der Waals surface area contributed by atoms with Crippen molar-refractivity contribution in [3.63, 3.8) is 0 Å². The average Bonchev–Trinajstić information content (AvgIpc) is 2.45. The van der Waals surface area contributed by atoms with Gasteiger partial charge in [0.25, 0.3) is 0 Å². The minimum Gasteiger partial charge on any atom is -0.489 e. The number of fused-ring (bicyclic) bond motifs is 1. The molecule has 0 saturated heterocycles. The van der Waals surface area contributed by atoms with E-state index in [1.807, 2.05) is 32.0 Å². The highest BCUT2D eigenvalue weighted by molar-refractivity contribution is 9.10. The SMILES string of the molecule is CC(C)CC(CNCC1=Cc2cc(Br)ccc2OC1)C(=O)O. The average molecular weight is 368 g/mol. The molecule has 1 aromatic carbocycles. The zero-order chi connectivity index (χ0) is 16.1. The Morgan fingerprint density at radius 1 is 1.45 bits per heavy atom. The van der Waals surface area contributed by atoms with Crippen LogP contribution in [0.1, 0.15) is 25.8 Å². The zero-order valence-electron chi connectivity index (χ0n) is 12.9. The first kappa shape index (κ1) is 17.0. The summed E-state index contributed by atoms with van der Waals surface area (Å²) in [5, 5.41) is 12.5. The number of aliphatic carboxylic acids is 1. The summed E-state index contributed by atoms with van der Waals surface area (Å²) in [6.45, 7) is 5.76. The Bertz CT molecular complexity index is 569. The van der Waals surface area contributed by atoms with Gasteiger partial charge in [0.15, 0.2) is 0 Å². The largest absolute Gasteiger partial charge is 0.489 e. The van der Waals surface area contributed by atoms with Gasteiger partial charge in [-0.1, -0.05) is 29.8 Å². The number of rotatable bonds is 7. The second kappa shape index (κ2) is 7.79. The normalized spacial score (nSPS) is 15.0. The molecule has 5 heteroatoms. The van der Waals surface area contributed by atoms with Gasteiger partial charge in [0.1, 0.15) is 12.4 Å². The number of benzene rings is 1. The van der Waals surface area contributed by atoms with Crippen molar-refractivity contribution in [1.29, 1.82) is 0 Å². The molecule has 1 aliphatic rings. The molecule has 2 N–H and O–H groups in total. The number of carboxylic acid groups (broad SMARTS) is 1. The van der Waals surface area contributed by atoms with Crippen LogP contribution < -0.4 is 10.1 Å². The second-order valence-corrected chi connectivity index (χ2v) is 6.98. The Balaban J connectivity index is 1.90. The van der Waals surface area contributed by atoms with Gasteiger partial charge >= 0.3 is 5.97 Å². The number of hydrogen-bond donors (Lipinski definition) is 2.